The molecule has 3 nitrogen and oxygen atoms in total. The largest absolute Gasteiger partial charge is 0.452 e. The fourth-order valence-corrected chi connectivity index (χ4v) is 2.37. The Morgan fingerprint density at radius 1 is 1.50 bits per heavy atom. The number of rotatable bonds is 2. The molecule has 3 heteroatoms. The molecule has 16 heavy (non-hydrogen) atoms. The zero-order valence-electron chi connectivity index (χ0n) is 9.77. The van der Waals surface area contributed by atoms with Crippen LogP contribution >= 0.6 is 0 Å². The topological polar surface area (TPSA) is 29.5 Å². The molecule has 0 radical (unpaired) electrons. The number of nitrogens with zero attached hydrogens (tertiary/aromatic N) is 1. The van der Waals surface area contributed by atoms with Crippen molar-refractivity contribution in [1.82, 2.24) is 0 Å². The Balaban J connectivity index is 2.32. The number of para-hydroxylation sites is 1. The zero-order chi connectivity index (χ0) is 11.5. The molecule has 0 unspecified atom stereocenters. The fourth-order valence-electron chi connectivity index (χ4n) is 2.37. The summed E-state index contributed by atoms with van der Waals surface area (Å²) >= 11 is 0. The maximum atomic E-state index is 11.8. The lowest BCUT2D eigenvalue weighted by atomic mass is 10.1. The molecule has 0 aliphatic carbocycles. The number of benzene rings is 1. The Bertz CT molecular complexity index is 389. The highest BCUT2D eigenvalue weighted by atomic mass is 16.5. The maximum absolute atomic E-state index is 11.8. The number of methoxy groups -OCH3 is 1. The minimum absolute atomic E-state index is 0.247. The molecule has 1 heterocycles. The van der Waals surface area contributed by atoms with Gasteiger partial charge in [0.15, 0.2) is 0 Å². The van der Waals surface area contributed by atoms with Crippen LogP contribution in [0.1, 0.15) is 25.3 Å². The van der Waals surface area contributed by atoms with E-state index < -0.39 is 0 Å². The van der Waals surface area contributed by atoms with Crippen LogP contribution in [-0.4, -0.2) is 19.2 Å². The van der Waals surface area contributed by atoms with E-state index in [2.05, 4.69) is 13.0 Å². The average molecular weight is 219 g/mol. The van der Waals surface area contributed by atoms with Crippen LogP contribution < -0.4 is 4.90 Å². The molecule has 0 spiro atoms. The van der Waals surface area contributed by atoms with Crippen molar-refractivity contribution in [2.24, 2.45) is 0 Å². The normalized spacial score (nSPS) is 18.4. The lowest BCUT2D eigenvalue weighted by molar-refractivity contribution is 0.176. The Morgan fingerprint density at radius 3 is 2.94 bits per heavy atom. The molecule has 0 N–H and O–H groups in total. The molecule has 1 amide bonds. The van der Waals surface area contributed by atoms with Gasteiger partial charge in [0.1, 0.15) is 0 Å². The van der Waals surface area contributed by atoms with Gasteiger partial charge in [-0.15, -0.1) is 0 Å². The third-order valence-corrected chi connectivity index (χ3v) is 3.07. The Morgan fingerprint density at radius 2 is 2.25 bits per heavy atom. The Hall–Kier alpha value is -1.51. The highest BCUT2D eigenvalue weighted by molar-refractivity contribution is 5.91. The summed E-state index contributed by atoms with van der Waals surface area (Å²) in [6.07, 6.45) is 2.79. The summed E-state index contributed by atoms with van der Waals surface area (Å²) in [4.78, 5) is 13.6. The second kappa shape index (κ2) is 4.56. The van der Waals surface area contributed by atoms with Gasteiger partial charge in [0, 0.05) is 6.04 Å². The molecule has 2 rings (SSSR count). The minimum atomic E-state index is -0.247. The number of fused-ring (bicyclic) bond motifs is 1. The molecule has 86 valence electrons. The van der Waals surface area contributed by atoms with Crippen molar-refractivity contribution in [2.45, 2.75) is 32.2 Å². The van der Waals surface area contributed by atoms with E-state index in [9.17, 15) is 4.79 Å². The molecular weight excluding hydrogens is 202 g/mol. The first-order chi connectivity index (χ1) is 7.77. The second-order valence-electron chi connectivity index (χ2n) is 4.12. The van der Waals surface area contributed by atoms with E-state index >= 15 is 0 Å². The molecule has 1 aromatic carbocycles. The molecule has 1 aliphatic heterocycles. The Kier molecular flexibility index (Phi) is 3.13. The smallest absolute Gasteiger partial charge is 0.414 e. The fraction of sp³-hybridized carbons (Fsp3) is 0.462. The SMILES string of the molecule is CCC[C@@H]1Cc2ccccc2N1C(=O)OC. The van der Waals surface area contributed by atoms with Gasteiger partial charge < -0.3 is 4.74 Å². The van der Waals surface area contributed by atoms with Gasteiger partial charge in [-0.2, -0.15) is 0 Å². The zero-order valence-corrected chi connectivity index (χ0v) is 9.77. The monoisotopic (exact) mass is 219 g/mol. The van der Waals surface area contributed by atoms with Gasteiger partial charge in [0.05, 0.1) is 12.8 Å². The lowest BCUT2D eigenvalue weighted by Crippen LogP contribution is -2.37. The van der Waals surface area contributed by atoms with E-state index in [-0.39, 0.29) is 12.1 Å². The number of carbonyl (C=O) groups is 1. The molecule has 0 aromatic heterocycles. The first-order valence-electron chi connectivity index (χ1n) is 5.73. The lowest BCUT2D eigenvalue weighted by Gasteiger charge is -2.23. The van der Waals surface area contributed by atoms with Crippen molar-refractivity contribution in [2.75, 3.05) is 12.0 Å². The van der Waals surface area contributed by atoms with E-state index in [0.29, 0.717) is 0 Å². The Labute approximate surface area is 96.0 Å². The van der Waals surface area contributed by atoms with Gasteiger partial charge in [0.25, 0.3) is 0 Å². The first kappa shape index (κ1) is 11.0. The summed E-state index contributed by atoms with van der Waals surface area (Å²) in [7, 11) is 1.44. The molecule has 0 bridgehead atoms. The number of anilines is 1. The highest BCUT2D eigenvalue weighted by Crippen LogP contribution is 2.34. The van der Waals surface area contributed by atoms with E-state index in [1.54, 1.807) is 4.90 Å². The molecule has 0 saturated carbocycles. The van der Waals surface area contributed by atoms with Crippen LogP contribution in [-0.2, 0) is 11.2 Å². The van der Waals surface area contributed by atoms with Gasteiger partial charge >= 0.3 is 6.09 Å². The third-order valence-electron chi connectivity index (χ3n) is 3.07. The molecular formula is C13H17NO2. The van der Waals surface area contributed by atoms with Gasteiger partial charge in [-0.3, -0.25) is 4.90 Å². The number of carbonyl (C=O) groups excluding carboxylic acids is 1. The predicted octanol–water partition coefficient (Wildman–Crippen LogP) is 2.98. The third kappa shape index (κ3) is 1.77. The van der Waals surface area contributed by atoms with Gasteiger partial charge in [0.2, 0.25) is 0 Å². The van der Waals surface area contributed by atoms with Crippen molar-refractivity contribution < 1.29 is 9.53 Å². The van der Waals surface area contributed by atoms with E-state index in [4.69, 9.17) is 4.74 Å². The second-order valence-corrected chi connectivity index (χ2v) is 4.12. The van der Waals surface area contributed by atoms with Crippen molar-refractivity contribution in [3.63, 3.8) is 0 Å². The van der Waals surface area contributed by atoms with Crippen LogP contribution in [0, 0.1) is 0 Å². The van der Waals surface area contributed by atoms with Crippen LogP contribution in [0.4, 0.5) is 10.5 Å². The summed E-state index contributed by atoms with van der Waals surface area (Å²) in [6, 6.07) is 8.31. The number of amides is 1. The molecule has 0 saturated heterocycles. The maximum Gasteiger partial charge on any atom is 0.414 e. The summed E-state index contributed by atoms with van der Waals surface area (Å²) < 4.78 is 4.85. The number of ether oxygens (including phenoxy) is 1. The van der Waals surface area contributed by atoms with E-state index in [0.717, 1.165) is 24.9 Å². The summed E-state index contributed by atoms with van der Waals surface area (Å²) in [6.45, 7) is 2.14. The number of hydrogen-bond acceptors (Lipinski definition) is 2. The van der Waals surface area contributed by atoms with Crippen LogP contribution in [0.2, 0.25) is 0 Å². The van der Waals surface area contributed by atoms with E-state index in [1.807, 2.05) is 18.2 Å². The highest BCUT2D eigenvalue weighted by Gasteiger charge is 2.33. The standard InChI is InChI=1S/C13H17NO2/c1-3-6-11-9-10-7-4-5-8-12(10)14(11)13(15)16-2/h4-5,7-8,11H,3,6,9H2,1-2H3/t11-/m1/s1. The van der Waals surface area contributed by atoms with Gasteiger partial charge in [-0.1, -0.05) is 31.5 Å². The molecule has 1 aliphatic rings. The van der Waals surface area contributed by atoms with Crippen molar-refractivity contribution in [3.05, 3.63) is 29.8 Å². The minimum Gasteiger partial charge on any atom is -0.452 e. The van der Waals surface area contributed by atoms with Gasteiger partial charge in [-0.05, 0) is 24.5 Å². The van der Waals surface area contributed by atoms with Crippen molar-refractivity contribution in [1.29, 1.82) is 0 Å². The van der Waals surface area contributed by atoms with Crippen molar-refractivity contribution in [3.8, 4) is 0 Å². The van der Waals surface area contributed by atoms with Crippen LogP contribution in [0.25, 0.3) is 0 Å². The molecule has 0 fully saturated rings. The quantitative estimate of drug-likeness (QED) is 0.765. The summed E-state index contributed by atoms with van der Waals surface area (Å²) in [5.41, 5.74) is 2.25. The van der Waals surface area contributed by atoms with Crippen LogP contribution in [0.15, 0.2) is 24.3 Å². The summed E-state index contributed by atoms with van der Waals surface area (Å²) in [5, 5.41) is 0. The van der Waals surface area contributed by atoms with Crippen LogP contribution in [0.5, 0.6) is 0 Å². The van der Waals surface area contributed by atoms with E-state index in [1.165, 1.54) is 12.7 Å². The van der Waals surface area contributed by atoms with Crippen molar-refractivity contribution >= 4 is 11.8 Å². The molecule has 1 atom stereocenters. The van der Waals surface area contributed by atoms with Crippen LogP contribution in [0.3, 0.4) is 0 Å². The average Bonchev–Trinajstić information content (AvgIpc) is 2.66. The summed E-state index contributed by atoms with van der Waals surface area (Å²) in [5.74, 6) is 0. The van der Waals surface area contributed by atoms with Gasteiger partial charge in [-0.25, -0.2) is 4.79 Å². The predicted molar refractivity (Wildman–Crippen MR) is 63.7 cm³/mol. The first-order valence-corrected chi connectivity index (χ1v) is 5.73. The number of hydrogen-bond donors (Lipinski definition) is 0. The molecule has 1 aromatic rings.